The zero-order valence-electron chi connectivity index (χ0n) is 6.42. The van der Waals surface area contributed by atoms with Gasteiger partial charge in [0.25, 0.3) is 0 Å². The Labute approximate surface area is 89.2 Å². The van der Waals surface area contributed by atoms with Crippen LogP contribution in [0.25, 0.3) is 5.65 Å². The van der Waals surface area contributed by atoms with Gasteiger partial charge in [-0.05, 0) is 12.6 Å². The van der Waals surface area contributed by atoms with E-state index in [1.165, 1.54) is 0 Å². The summed E-state index contributed by atoms with van der Waals surface area (Å²) in [6, 6.07) is 3.01. The van der Waals surface area contributed by atoms with E-state index in [2.05, 4.69) is 21.4 Å². The molecule has 0 atom stereocenters. The molecular weight excluding hydrogens is 217 g/mol. The van der Waals surface area contributed by atoms with Crippen LogP contribution in [0.5, 0.6) is 0 Å². The fraction of sp³-hybridized carbons (Fsp3) is 0.333. The van der Waals surface area contributed by atoms with Crippen molar-refractivity contribution in [3.05, 3.63) is 17.6 Å². The molecule has 2 rings (SSSR count). The summed E-state index contributed by atoms with van der Waals surface area (Å²) in [6.07, 6.45) is 0. The summed E-state index contributed by atoms with van der Waals surface area (Å²) in [6.45, 7) is 3.80. The number of hydrogen-bond donors (Lipinski definition) is 1. The van der Waals surface area contributed by atoms with Crippen LogP contribution in [0.4, 0.5) is 0 Å². The van der Waals surface area contributed by atoms with E-state index in [1.807, 2.05) is 13.8 Å². The van der Waals surface area contributed by atoms with E-state index in [0.29, 0.717) is 0 Å². The molecule has 1 N–H and O–H groups in total. The number of aromatic nitrogens is 4. The Balaban J connectivity index is 0.000000605. The molecule has 0 fully saturated rings. The molecule has 2 heterocycles. The van der Waals surface area contributed by atoms with Crippen molar-refractivity contribution in [3.8, 4) is 0 Å². The summed E-state index contributed by atoms with van der Waals surface area (Å²) in [5.74, 6) is 0.861. The second kappa shape index (κ2) is 3.03. The quantitative estimate of drug-likeness (QED) is 0.661. The first kappa shape index (κ1) is 8.88. The van der Waals surface area contributed by atoms with Crippen molar-refractivity contribution in [2.75, 3.05) is 0 Å². The first-order chi connectivity index (χ1) is 4.77. The SMILES string of the molecule is Cc1[c-]c2[nH]nc(C)n2n1.[Y+3]. The van der Waals surface area contributed by atoms with Gasteiger partial charge in [-0.3, -0.25) is 5.10 Å². The fourth-order valence-electron chi connectivity index (χ4n) is 0.940. The minimum Gasteiger partial charge on any atom is -0.401 e. The van der Waals surface area contributed by atoms with Crippen LogP contribution in [0.1, 0.15) is 11.5 Å². The zero-order chi connectivity index (χ0) is 7.14. The normalized spacial score (nSPS) is 10.0. The molecule has 0 bridgehead atoms. The summed E-state index contributed by atoms with van der Waals surface area (Å²) in [5.41, 5.74) is 1.71. The maximum atomic E-state index is 4.14. The van der Waals surface area contributed by atoms with Crippen molar-refractivity contribution < 1.29 is 32.7 Å². The number of nitrogens with one attached hydrogen (secondary N) is 1. The van der Waals surface area contributed by atoms with Crippen LogP contribution in [0.3, 0.4) is 0 Å². The van der Waals surface area contributed by atoms with E-state index < -0.39 is 0 Å². The Hall–Kier alpha value is -0.216. The van der Waals surface area contributed by atoms with Gasteiger partial charge in [0.05, 0.1) is 0 Å². The van der Waals surface area contributed by atoms with Crippen molar-refractivity contribution in [1.82, 2.24) is 19.8 Å². The Morgan fingerprint density at radius 1 is 1.45 bits per heavy atom. The number of aryl methyl sites for hydroxylation is 2. The van der Waals surface area contributed by atoms with Gasteiger partial charge < -0.3 is 6.07 Å². The van der Waals surface area contributed by atoms with Crippen molar-refractivity contribution in [1.29, 1.82) is 0 Å². The third-order valence-corrected chi connectivity index (χ3v) is 1.39. The van der Waals surface area contributed by atoms with Gasteiger partial charge in [0.1, 0.15) is 5.82 Å². The first-order valence-electron chi connectivity index (χ1n) is 3.07. The second-order valence-corrected chi connectivity index (χ2v) is 2.24. The summed E-state index contributed by atoms with van der Waals surface area (Å²) in [5, 5.41) is 10.9. The van der Waals surface area contributed by atoms with E-state index in [-0.39, 0.29) is 32.7 Å². The molecule has 4 nitrogen and oxygen atoms in total. The molecule has 0 amide bonds. The van der Waals surface area contributed by atoms with Crippen LogP contribution in [0.2, 0.25) is 0 Å². The van der Waals surface area contributed by atoms with Crippen molar-refractivity contribution in [3.63, 3.8) is 0 Å². The number of hydrogen-bond acceptors (Lipinski definition) is 2. The Morgan fingerprint density at radius 2 is 2.18 bits per heavy atom. The number of fused-ring (bicyclic) bond motifs is 1. The predicted octanol–water partition coefficient (Wildman–Crippen LogP) is 0.472. The Bertz CT molecular complexity index is 361. The Morgan fingerprint density at radius 3 is 2.82 bits per heavy atom. The van der Waals surface area contributed by atoms with Gasteiger partial charge in [0, 0.05) is 0 Å². The van der Waals surface area contributed by atoms with Crippen LogP contribution in [0.15, 0.2) is 0 Å². The molecule has 0 spiro atoms. The number of rotatable bonds is 0. The fourth-order valence-corrected chi connectivity index (χ4v) is 0.940. The minimum absolute atomic E-state index is 0. The molecule has 0 radical (unpaired) electrons. The van der Waals surface area contributed by atoms with Crippen LogP contribution < -0.4 is 0 Å². The van der Waals surface area contributed by atoms with Crippen LogP contribution in [0, 0.1) is 19.9 Å². The molecule has 2 aromatic heterocycles. The maximum Gasteiger partial charge on any atom is 3.00 e. The monoisotopic (exact) mass is 224 g/mol. The summed E-state index contributed by atoms with van der Waals surface area (Å²) >= 11 is 0. The summed E-state index contributed by atoms with van der Waals surface area (Å²) in [7, 11) is 0. The number of aromatic amines is 1. The molecular formula is C6H7N4Y+2. The minimum atomic E-state index is 0. The van der Waals surface area contributed by atoms with Crippen LogP contribution >= 0.6 is 0 Å². The van der Waals surface area contributed by atoms with E-state index in [0.717, 1.165) is 17.2 Å². The third-order valence-electron chi connectivity index (χ3n) is 1.39. The van der Waals surface area contributed by atoms with Gasteiger partial charge in [0.2, 0.25) is 0 Å². The van der Waals surface area contributed by atoms with Crippen LogP contribution in [-0.2, 0) is 32.7 Å². The molecule has 2 aromatic rings. The van der Waals surface area contributed by atoms with Crippen molar-refractivity contribution in [2.24, 2.45) is 0 Å². The van der Waals surface area contributed by atoms with Gasteiger partial charge in [-0.2, -0.15) is 5.10 Å². The smallest absolute Gasteiger partial charge is 0.401 e. The molecule has 0 aromatic carbocycles. The van der Waals surface area contributed by atoms with Gasteiger partial charge in [-0.15, -0.1) is 5.69 Å². The van der Waals surface area contributed by atoms with Crippen LogP contribution in [-0.4, -0.2) is 19.8 Å². The van der Waals surface area contributed by atoms with Crippen molar-refractivity contribution in [2.45, 2.75) is 13.8 Å². The van der Waals surface area contributed by atoms with E-state index in [4.69, 9.17) is 0 Å². The van der Waals surface area contributed by atoms with Gasteiger partial charge in [-0.25, -0.2) is 9.61 Å². The molecule has 0 aliphatic carbocycles. The molecule has 5 heteroatoms. The predicted molar refractivity (Wildman–Crippen MR) is 35.6 cm³/mol. The molecule has 0 saturated heterocycles. The Kier molecular flexibility index (Phi) is 2.45. The van der Waals surface area contributed by atoms with Gasteiger partial charge in [0.15, 0.2) is 0 Å². The molecule has 11 heavy (non-hydrogen) atoms. The molecule has 0 unspecified atom stereocenters. The molecule has 0 saturated carbocycles. The summed E-state index contributed by atoms with van der Waals surface area (Å²) < 4.78 is 1.73. The number of H-pyrrole nitrogens is 1. The molecule has 0 aliphatic rings. The topological polar surface area (TPSA) is 46.0 Å². The first-order valence-corrected chi connectivity index (χ1v) is 3.07. The van der Waals surface area contributed by atoms with E-state index >= 15 is 0 Å². The second-order valence-electron chi connectivity index (χ2n) is 2.24. The average molecular weight is 224 g/mol. The summed E-state index contributed by atoms with van der Waals surface area (Å²) in [4.78, 5) is 0. The maximum absolute atomic E-state index is 4.14. The molecule has 0 aliphatic heterocycles. The average Bonchev–Trinajstić information content (AvgIpc) is 2.35. The largest absolute Gasteiger partial charge is 3.00 e. The van der Waals surface area contributed by atoms with E-state index in [1.54, 1.807) is 4.52 Å². The van der Waals surface area contributed by atoms with Gasteiger partial charge in [-0.1, -0.05) is 6.92 Å². The zero-order valence-corrected chi connectivity index (χ0v) is 9.26. The number of nitrogens with zero attached hydrogens (tertiary/aromatic N) is 3. The molecule has 52 valence electrons. The third kappa shape index (κ3) is 1.37. The standard InChI is InChI=1S/C6H7N4.Y/c1-4-3-6-8-7-5(2)10(6)9-4;/h8H,1-2H3;/q-1;+3. The van der Waals surface area contributed by atoms with E-state index in [9.17, 15) is 0 Å². The van der Waals surface area contributed by atoms with Gasteiger partial charge >= 0.3 is 32.7 Å². The van der Waals surface area contributed by atoms with Crippen molar-refractivity contribution >= 4 is 5.65 Å².